The summed E-state index contributed by atoms with van der Waals surface area (Å²) in [6.45, 7) is 5.91. The van der Waals surface area contributed by atoms with Crippen LogP contribution in [0.4, 0.5) is 5.69 Å². The predicted octanol–water partition coefficient (Wildman–Crippen LogP) is 4.98. The van der Waals surface area contributed by atoms with Crippen LogP contribution in [0.15, 0.2) is 33.6 Å². The number of thiophene rings is 1. The molecule has 0 aliphatic rings. The van der Waals surface area contributed by atoms with Gasteiger partial charge in [-0.25, -0.2) is 0 Å². The summed E-state index contributed by atoms with van der Waals surface area (Å²) in [5, 5.41) is 12.1. The molecule has 0 radical (unpaired) electrons. The summed E-state index contributed by atoms with van der Waals surface area (Å²) in [5.74, 6) is -0.387. The Bertz CT molecular complexity index is 776. The molecule has 0 bridgehead atoms. The molecule has 1 heterocycles. The molecule has 0 saturated heterocycles. The number of hydrogen-bond acceptors (Lipinski definition) is 3. The topological polar surface area (TPSA) is 52.9 Å². The summed E-state index contributed by atoms with van der Waals surface area (Å²) in [5.41, 5.74) is 3.98. The Morgan fingerprint density at radius 3 is 2.41 bits per heavy atom. The van der Waals surface area contributed by atoms with Crippen molar-refractivity contribution in [2.75, 3.05) is 5.32 Å². The van der Waals surface area contributed by atoms with Gasteiger partial charge < -0.3 is 5.32 Å². The minimum absolute atomic E-state index is 0.0914. The van der Waals surface area contributed by atoms with E-state index in [1.807, 2.05) is 51.1 Å². The molecule has 1 N–H and O–H groups in total. The van der Waals surface area contributed by atoms with Gasteiger partial charge in [-0.05, 0) is 66.0 Å². The molecule has 0 fully saturated rings. The zero-order valence-electron chi connectivity index (χ0n) is 12.5. The summed E-state index contributed by atoms with van der Waals surface area (Å²) >= 11 is 4.84. The van der Waals surface area contributed by atoms with Crippen LogP contribution in [0.3, 0.4) is 0 Å². The van der Waals surface area contributed by atoms with Crippen molar-refractivity contribution in [3.8, 4) is 6.07 Å². The minimum atomic E-state index is -0.387. The summed E-state index contributed by atoms with van der Waals surface area (Å²) in [7, 11) is 0. The zero-order chi connectivity index (χ0) is 16.3. The summed E-state index contributed by atoms with van der Waals surface area (Å²) in [6, 6.07) is 9.74. The van der Waals surface area contributed by atoms with Crippen molar-refractivity contribution >= 4 is 44.9 Å². The number of amides is 1. The maximum Gasteiger partial charge on any atom is 0.266 e. The van der Waals surface area contributed by atoms with Crippen molar-refractivity contribution in [1.29, 1.82) is 5.26 Å². The first-order valence-corrected chi connectivity index (χ1v) is 8.28. The SMILES string of the molecule is Cc1cc(C)c(NC(=O)/C(C#N)=C/c2ccc(Br)s2)c(C)c1. The van der Waals surface area contributed by atoms with Gasteiger partial charge in [-0.15, -0.1) is 11.3 Å². The molecule has 0 aliphatic carbocycles. The number of carbonyl (C=O) groups excluding carboxylic acids is 1. The quantitative estimate of drug-likeness (QED) is 0.608. The maximum absolute atomic E-state index is 12.3. The monoisotopic (exact) mass is 374 g/mol. The normalized spacial score (nSPS) is 11.1. The van der Waals surface area contributed by atoms with E-state index in [1.54, 1.807) is 6.08 Å². The Morgan fingerprint density at radius 1 is 1.27 bits per heavy atom. The fourth-order valence-corrected chi connectivity index (χ4v) is 3.62. The third-order valence-corrected chi connectivity index (χ3v) is 4.73. The maximum atomic E-state index is 12.3. The average molecular weight is 375 g/mol. The van der Waals surface area contributed by atoms with Crippen LogP contribution in [0.1, 0.15) is 21.6 Å². The van der Waals surface area contributed by atoms with Gasteiger partial charge >= 0.3 is 0 Å². The lowest BCUT2D eigenvalue weighted by Crippen LogP contribution is -2.15. The van der Waals surface area contributed by atoms with Gasteiger partial charge in [0.05, 0.1) is 3.79 Å². The Kier molecular flexibility index (Phi) is 5.17. The van der Waals surface area contributed by atoms with Gasteiger partial charge in [0.2, 0.25) is 0 Å². The van der Waals surface area contributed by atoms with E-state index < -0.39 is 0 Å². The number of hydrogen-bond donors (Lipinski definition) is 1. The highest BCUT2D eigenvalue weighted by Gasteiger charge is 2.13. The number of nitriles is 1. The van der Waals surface area contributed by atoms with Gasteiger partial charge in [-0.3, -0.25) is 4.79 Å². The first-order valence-electron chi connectivity index (χ1n) is 6.67. The third kappa shape index (κ3) is 3.85. The van der Waals surface area contributed by atoms with Crippen LogP contribution in [0.2, 0.25) is 0 Å². The lowest BCUT2D eigenvalue weighted by Gasteiger charge is -2.12. The molecule has 1 amide bonds. The first-order chi connectivity index (χ1) is 10.4. The molecule has 0 unspecified atom stereocenters. The van der Waals surface area contributed by atoms with Crippen molar-refractivity contribution < 1.29 is 4.79 Å². The van der Waals surface area contributed by atoms with Crippen molar-refractivity contribution in [2.45, 2.75) is 20.8 Å². The lowest BCUT2D eigenvalue weighted by atomic mass is 10.0. The minimum Gasteiger partial charge on any atom is -0.321 e. The van der Waals surface area contributed by atoms with Gasteiger partial charge in [-0.2, -0.15) is 5.26 Å². The predicted molar refractivity (Wildman–Crippen MR) is 94.9 cm³/mol. The molecule has 0 saturated carbocycles. The second-order valence-electron chi connectivity index (χ2n) is 5.04. The van der Waals surface area contributed by atoms with Crippen molar-refractivity contribution in [1.82, 2.24) is 0 Å². The standard InChI is InChI=1S/C17H15BrN2OS/c1-10-6-11(2)16(12(3)7-10)20-17(21)13(9-19)8-14-4-5-15(18)22-14/h4-8H,1-3H3,(H,20,21)/b13-8+. The van der Waals surface area contributed by atoms with Crippen molar-refractivity contribution in [3.05, 3.63) is 55.2 Å². The summed E-state index contributed by atoms with van der Waals surface area (Å²) in [4.78, 5) is 13.2. The smallest absolute Gasteiger partial charge is 0.266 e. The molecule has 1 aromatic carbocycles. The highest BCUT2D eigenvalue weighted by molar-refractivity contribution is 9.11. The average Bonchev–Trinajstić information content (AvgIpc) is 2.85. The van der Waals surface area contributed by atoms with Crippen molar-refractivity contribution in [3.63, 3.8) is 0 Å². The van der Waals surface area contributed by atoms with E-state index in [1.165, 1.54) is 11.3 Å². The van der Waals surface area contributed by atoms with Crippen LogP contribution in [0.25, 0.3) is 6.08 Å². The Hall–Kier alpha value is -1.90. The van der Waals surface area contributed by atoms with Crippen LogP contribution in [-0.2, 0) is 4.79 Å². The summed E-state index contributed by atoms with van der Waals surface area (Å²) in [6.07, 6.45) is 1.60. The number of anilines is 1. The van der Waals surface area contributed by atoms with Crippen molar-refractivity contribution in [2.24, 2.45) is 0 Å². The fraction of sp³-hybridized carbons (Fsp3) is 0.176. The number of nitrogens with zero attached hydrogens (tertiary/aromatic N) is 1. The van der Waals surface area contributed by atoms with E-state index in [0.29, 0.717) is 0 Å². The number of benzene rings is 1. The van der Waals surface area contributed by atoms with E-state index in [4.69, 9.17) is 0 Å². The van der Waals surface area contributed by atoms with E-state index >= 15 is 0 Å². The third-order valence-electron chi connectivity index (χ3n) is 3.16. The largest absolute Gasteiger partial charge is 0.321 e. The molecular weight excluding hydrogens is 360 g/mol. The Balaban J connectivity index is 2.28. The molecule has 1 aromatic heterocycles. The number of nitrogens with one attached hydrogen (secondary N) is 1. The molecule has 5 heteroatoms. The highest BCUT2D eigenvalue weighted by Crippen LogP contribution is 2.25. The molecule has 2 aromatic rings. The number of aryl methyl sites for hydroxylation is 3. The molecule has 0 spiro atoms. The zero-order valence-corrected chi connectivity index (χ0v) is 14.9. The van der Waals surface area contributed by atoms with Crippen LogP contribution in [0, 0.1) is 32.1 Å². The van der Waals surface area contributed by atoms with E-state index in [0.717, 1.165) is 31.0 Å². The second-order valence-corrected chi connectivity index (χ2v) is 7.53. The molecule has 3 nitrogen and oxygen atoms in total. The number of halogens is 1. The van der Waals surface area contributed by atoms with Gasteiger partial charge in [-0.1, -0.05) is 17.7 Å². The molecule has 0 atom stereocenters. The highest BCUT2D eigenvalue weighted by atomic mass is 79.9. The summed E-state index contributed by atoms with van der Waals surface area (Å²) < 4.78 is 0.960. The van der Waals surface area contributed by atoms with Gasteiger partial charge in [0, 0.05) is 10.6 Å². The Labute approximate surface area is 142 Å². The molecule has 112 valence electrons. The van der Waals surface area contributed by atoms with E-state index in [9.17, 15) is 10.1 Å². The number of carbonyl (C=O) groups is 1. The van der Waals surface area contributed by atoms with Crippen LogP contribution < -0.4 is 5.32 Å². The molecule has 0 aliphatic heterocycles. The Morgan fingerprint density at radius 2 is 1.91 bits per heavy atom. The van der Waals surface area contributed by atoms with Crippen LogP contribution >= 0.6 is 27.3 Å². The van der Waals surface area contributed by atoms with E-state index in [2.05, 4.69) is 21.2 Å². The van der Waals surface area contributed by atoms with Crippen LogP contribution in [-0.4, -0.2) is 5.91 Å². The molecular formula is C17H15BrN2OS. The number of rotatable bonds is 3. The van der Waals surface area contributed by atoms with E-state index in [-0.39, 0.29) is 11.5 Å². The molecule has 2 rings (SSSR count). The lowest BCUT2D eigenvalue weighted by molar-refractivity contribution is -0.112. The molecule has 22 heavy (non-hydrogen) atoms. The second kappa shape index (κ2) is 6.91. The first kappa shape index (κ1) is 16.5. The van der Waals surface area contributed by atoms with Crippen LogP contribution in [0.5, 0.6) is 0 Å². The van der Waals surface area contributed by atoms with Gasteiger partial charge in [0.25, 0.3) is 5.91 Å². The fourth-order valence-electron chi connectivity index (χ4n) is 2.25. The van der Waals surface area contributed by atoms with Gasteiger partial charge in [0.1, 0.15) is 11.6 Å². The van der Waals surface area contributed by atoms with Gasteiger partial charge in [0.15, 0.2) is 0 Å².